The van der Waals surface area contributed by atoms with Crippen molar-refractivity contribution >= 4 is 38.8 Å². The predicted octanol–water partition coefficient (Wildman–Crippen LogP) is 2.58. The van der Waals surface area contributed by atoms with Crippen LogP contribution in [0.15, 0.2) is 30.3 Å². The van der Waals surface area contributed by atoms with Gasteiger partial charge in [-0.2, -0.15) is 0 Å². The van der Waals surface area contributed by atoms with Gasteiger partial charge < -0.3 is 26.0 Å². The Labute approximate surface area is 191 Å². The Hall–Kier alpha value is -2.84. The van der Waals surface area contributed by atoms with Crippen LogP contribution in [0, 0.1) is 18.8 Å². The number of nitrogen functional groups attached to an aromatic ring is 1. The molecule has 0 saturated carbocycles. The van der Waals surface area contributed by atoms with Gasteiger partial charge in [0.25, 0.3) is 5.91 Å². The summed E-state index contributed by atoms with van der Waals surface area (Å²) in [6.45, 7) is 6.87. The van der Waals surface area contributed by atoms with Crippen LogP contribution in [0.2, 0.25) is 0 Å². The number of anilines is 2. The molecule has 3 aromatic rings. The number of pyridine rings is 1. The third-order valence-electron chi connectivity index (χ3n) is 6.99. The largest absolute Gasteiger partial charge is 0.491 e. The molecule has 1 amide bonds. The van der Waals surface area contributed by atoms with E-state index in [2.05, 4.69) is 38.7 Å². The molecule has 4 N–H and O–H groups in total. The first-order valence-corrected chi connectivity index (χ1v) is 12.0. The third-order valence-corrected chi connectivity index (χ3v) is 8.10. The Morgan fingerprint density at radius 1 is 1.25 bits per heavy atom. The van der Waals surface area contributed by atoms with Crippen molar-refractivity contribution in [2.24, 2.45) is 11.8 Å². The van der Waals surface area contributed by atoms with Gasteiger partial charge >= 0.3 is 0 Å². The fourth-order valence-electron chi connectivity index (χ4n) is 5.23. The number of nitrogens with one attached hydrogen (secondary N) is 2. The van der Waals surface area contributed by atoms with Crippen molar-refractivity contribution in [2.75, 3.05) is 43.4 Å². The first kappa shape index (κ1) is 19.8. The molecule has 32 heavy (non-hydrogen) atoms. The molecule has 7 nitrogen and oxygen atoms in total. The van der Waals surface area contributed by atoms with Crippen LogP contribution in [-0.2, 0) is 6.42 Å². The molecule has 166 valence electrons. The SMILES string of the molecule is Cc1ccc2c(N)c(C(=O)N[C@@H]3COc4cc(N5CC6CNC[C@@H]6C5)ccc4C3)sc2n1. The van der Waals surface area contributed by atoms with Crippen molar-refractivity contribution in [2.45, 2.75) is 19.4 Å². The lowest BCUT2D eigenvalue weighted by Crippen LogP contribution is -2.42. The fourth-order valence-corrected chi connectivity index (χ4v) is 6.27. The van der Waals surface area contributed by atoms with E-state index in [0.29, 0.717) is 17.2 Å². The summed E-state index contributed by atoms with van der Waals surface area (Å²) < 4.78 is 6.08. The molecular formula is C24H27N5O2S. The number of amides is 1. The lowest BCUT2D eigenvalue weighted by Gasteiger charge is -2.28. The van der Waals surface area contributed by atoms with Gasteiger partial charge in [0.1, 0.15) is 22.1 Å². The highest BCUT2D eigenvalue weighted by atomic mass is 32.1. The number of fused-ring (bicyclic) bond motifs is 3. The maximum atomic E-state index is 12.9. The summed E-state index contributed by atoms with van der Waals surface area (Å²) in [5.41, 5.74) is 10.0. The van der Waals surface area contributed by atoms with E-state index < -0.39 is 0 Å². The third kappa shape index (κ3) is 3.38. The Morgan fingerprint density at radius 3 is 2.88 bits per heavy atom. The molecule has 3 aliphatic heterocycles. The van der Waals surface area contributed by atoms with Gasteiger partial charge in [-0.15, -0.1) is 11.3 Å². The highest BCUT2D eigenvalue weighted by molar-refractivity contribution is 7.21. The zero-order valence-corrected chi connectivity index (χ0v) is 18.9. The average molecular weight is 450 g/mol. The Morgan fingerprint density at radius 2 is 2.06 bits per heavy atom. The van der Waals surface area contributed by atoms with Gasteiger partial charge in [-0.25, -0.2) is 4.98 Å². The molecule has 3 aliphatic rings. The summed E-state index contributed by atoms with van der Waals surface area (Å²) in [6, 6.07) is 10.3. The number of rotatable bonds is 3. The van der Waals surface area contributed by atoms with Gasteiger partial charge in [0.15, 0.2) is 0 Å². The number of benzene rings is 1. The molecule has 1 unspecified atom stereocenters. The van der Waals surface area contributed by atoms with Gasteiger partial charge in [-0.05, 0) is 48.9 Å². The van der Waals surface area contributed by atoms with Crippen LogP contribution >= 0.6 is 11.3 Å². The Kier molecular flexibility index (Phi) is 4.73. The monoisotopic (exact) mass is 449 g/mol. The van der Waals surface area contributed by atoms with Gasteiger partial charge in [-0.1, -0.05) is 6.07 Å². The lowest BCUT2D eigenvalue weighted by atomic mass is 10.0. The molecule has 5 heterocycles. The number of aryl methyl sites for hydroxylation is 1. The van der Waals surface area contributed by atoms with Crippen LogP contribution in [-0.4, -0.2) is 49.7 Å². The molecule has 0 spiro atoms. The number of ether oxygens (including phenoxy) is 1. The summed E-state index contributed by atoms with van der Waals surface area (Å²) in [4.78, 5) is 21.2. The topological polar surface area (TPSA) is 92.5 Å². The van der Waals surface area contributed by atoms with E-state index >= 15 is 0 Å². The number of carbonyl (C=O) groups excluding carboxylic acids is 1. The maximum absolute atomic E-state index is 12.9. The minimum atomic E-state index is -0.158. The molecule has 0 bridgehead atoms. The van der Waals surface area contributed by atoms with Gasteiger partial charge in [-0.3, -0.25) is 4.79 Å². The van der Waals surface area contributed by atoms with Crippen LogP contribution in [0.5, 0.6) is 5.75 Å². The molecule has 6 rings (SSSR count). The number of aromatic nitrogens is 1. The van der Waals surface area contributed by atoms with Crippen LogP contribution in [0.3, 0.4) is 0 Å². The smallest absolute Gasteiger partial charge is 0.263 e. The maximum Gasteiger partial charge on any atom is 0.263 e. The van der Waals surface area contributed by atoms with Crippen molar-refractivity contribution in [1.82, 2.24) is 15.6 Å². The van der Waals surface area contributed by atoms with E-state index in [1.165, 1.54) is 17.0 Å². The first-order chi connectivity index (χ1) is 15.5. The summed E-state index contributed by atoms with van der Waals surface area (Å²) in [7, 11) is 0. The molecule has 1 aromatic carbocycles. The number of thiophene rings is 1. The van der Waals surface area contributed by atoms with Gasteiger partial charge in [0, 0.05) is 49.0 Å². The van der Waals surface area contributed by atoms with E-state index in [-0.39, 0.29) is 11.9 Å². The highest BCUT2D eigenvalue weighted by Crippen LogP contribution is 2.36. The number of hydrogen-bond donors (Lipinski definition) is 3. The second-order valence-electron chi connectivity index (χ2n) is 9.21. The van der Waals surface area contributed by atoms with Crippen LogP contribution in [0.25, 0.3) is 10.2 Å². The van der Waals surface area contributed by atoms with Crippen LogP contribution < -0.4 is 26.0 Å². The van der Waals surface area contributed by atoms with Crippen molar-refractivity contribution in [3.8, 4) is 5.75 Å². The Balaban J connectivity index is 1.15. The summed E-state index contributed by atoms with van der Waals surface area (Å²) in [5.74, 6) is 2.29. The zero-order valence-electron chi connectivity index (χ0n) is 18.1. The highest BCUT2D eigenvalue weighted by Gasteiger charge is 2.36. The van der Waals surface area contributed by atoms with E-state index in [1.807, 2.05) is 19.1 Å². The van der Waals surface area contributed by atoms with Crippen LogP contribution in [0.4, 0.5) is 11.4 Å². The first-order valence-electron chi connectivity index (χ1n) is 11.2. The summed E-state index contributed by atoms with van der Waals surface area (Å²) >= 11 is 1.34. The number of carbonyl (C=O) groups is 1. The van der Waals surface area contributed by atoms with Crippen molar-refractivity contribution in [3.05, 3.63) is 46.5 Å². The predicted molar refractivity (Wildman–Crippen MR) is 128 cm³/mol. The standard InChI is InChI=1S/C24H27N5O2S/c1-13-2-5-19-21(25)22(32-24(19)27-13)23(30)28-17-6-14-3-4-18(7-20(14)31-12-17)29-10-15-8-26-9-16(15)11-29/h2-5,7,15-17,26H,6,8-12,25H2,1H3,(H,28,30)/t15-,16?,17+/m1/s1. The number of nitrogens with two attached hydrogens (primary N) is 1. The van der Waals surface area contributed by atoms with E-state index in [9.17, 15) is 4.79 Å². The fraction of sp³-hybridized carbons (Fsp3) is 0.417. The molecular weight excluding hydrogens is 422 g/mol. The molecule has 2 fully saturated rings. The molecule has 2 aromatic heterocycles. The summed E-state index contributed by atoms with van der Waals surface area (Å²) in [6.07, 6.45) is 0.749. The van der Waals surface area contributed by atoms with Crippen LogP contribution in [0.1, 0.15) is 20.9 Å². The second kappa shape index (κ2) is 7.64. The minimum Gasteiger partial charge on any atom is -0.491 e. The second-order valence-corrected chi connectivity index (χ2v) is 10.2. The minimum absolute atomic E-state index is 0.0858. The normalized spacial score (nSPS) is 24.3. The zero-order chi connectivity index (χ0) is 21.8. The van der Waals surface area contributed by atoms with Gasteiger partial charge in [0.2, 0.25) is 0 Å². The molecule has 2 saturated heterocycles. The summed E-state index contributed by atoms with van der Waals surface area (Å²) in [5, 5.41) is 7.44. The quantitative estimate of drug-likeness (QED) is 0.569. The average Bonchev–Trinajstić information content (AvgIpc) is 3.47. The molecule has 0 radical (unpaired) electrons. The number of hydrogen-bond acceptors (Lipinski definition) is 7. The van der Waals surface area contributed by atoms with Crippen molar-refractivity contribution in [3.63, 3.8) is 0 Å². The van der Waals surface area contributed by atoms with E-state index in [0.717, 1.165) is 71.7 Å². The van der Waals surface area contributed by atoms with Crippen molar-refractivity contribution in [1.29, 1.82) is 0 Å². The van der Waals surface area contributed by atoms with E-state index in [4.69, 9.17) is 10.5 Å². The van der Waals surface area contributed by atoms with Gasteiger partial charge in [0.05, 0.1) is 11.7 Å². The molecule has 0 aliphatic carbocycles. The number of nitrogens with zero attached hydrogens (tertiary/aromatic N) is 2. The Bertz CT molecular complexity index is 1200. The molecule has 3 atom stereocenters. The lowest BCUT2D eigenvalue weighted by molar-refractivity contribution is 0.0920. The van der Waals surface area contributed by atoms with Crippen molar-refractivity contribution < 1.29 is 9.53 Å². The van der Waals surface area contributed by atoms with E-state index in [1.54, 1.807) is 0 Å². The molecule has 8 heteroatoms.